The summed E-state index contributed by atoms with van der Waals surface area (Å²) in [4.78, 5) is 2.64. The number of hydrogen-bond donors (Lipinski definition) is 3. The maximum atomic E-state index is 14.0. The van der Waals surface area contributed by atoms with Gasteiger partial charge in [-0.15, -0.1) is 0 Å². The van der Waals surface area contributed by atoms with Gasteiger partial charge in [0.2, 0.25) is 0 Å². The van der Waals surface area contributed by atoms with Crippen LogP contribution in [0.15, 0.2) is 23.2 Å². The van der Waals surface area contributed by atoms with Gasteiger partial charge in [0.1, 0.15) is 16.5 Å². The van der Waals surface area contributed by atoms with Crippen molar-refractivity contribution in [3.63, 3.8) is 0 Å². The maximum Gasteiger partial charge on any atom is 0.419 e. The van der Waals surface area contributed by atoms with Gasteiger partial charge in [-0.3, -0.25) is 4.72 Å². The lowest BCUT2D eigenvalue weighted by molar-refractivity contribution is -0.140. The zero-order valence-corrected chi connectivity index (χ0v) is 16.3. The van der Waals surface area contributed by atoms with Crippen molar-refractivity contribution >= 4 is 15.7 Å². The van der Waals surface area contributed by atoms with Crippen LogP contribution >= 0.6 is 0 Å². The Morgan fingerprint density at radius 3 is 2.41 bits per heavy atom. The number of nitrogens with one attached hydrogen (secondary N) is 2. The van der Waals surface area contributed by atoms with E-state index in [4.69, 9.17) is 0 Å². The number of hydrogen-bond acceptors (Lipinski definition) is 3. The summed E-state index contributed by atoms with van der Waals surface area (Å²) in [6.07, 6.45) is -2.68. The number of halogens is 5. The molecule has 1 heterocycles. The number of aromatic nitrogens is 1. The molecule has 160 valence electrons. The molecule has 0 aliphatic heterocycles. The molecule has 2 aromatic rings. The molecule has 5 nitrogen and oxygen atoms in total. The number of sulfonamides is 1. The molecule has 1 aromatic carbocycles. The van der Waals surface area contributed by atoms with Crippen molar-refractivity contribution in [1.82, 2.24) is 4.98 Å². The summed E-state index contributed by atoms with van der Waals surface area (Å²) in [7, 11) is -4.38. The van der Waals surface area contributed by atoms with Crippen LogP contribution in [0.1, 0.15) is 37.1 Å². The average Bonchev–Trinajstić information content (AvgIpc) is 2.99. The molecule has 0 radical (unpaired) electrons. The molecule has 0 bridgehead atoms. The fourth-order valence-electron chi connectivity index (χ4n) is 3.48. The van der Waals surface area contributed by atoms with E-state index in [1.807, 2.05) is 4.72 Å². The van der Waals surface area contributed by atoms with Gasteiger partial charge < -0.3 is 10.1 Å². The molecule has 0 fully saturated rings. The van der Waals surface area contributed by atoms with Gasteiger partial charge in [0.05, 0.1) is 16.9 Å². The Balaban J connectivity index is 1.91. The summed E-state index contributed by atoms with van der Waals surface area (Å²) in [6, 6.07) is 0.0762. The minimum absolute atomic E-state index is 0.0896. The highest BCUT2D eigenvalue weighted by Gasteiger charge is 2.37. The van der Waals surface area contributed by atoms with Crippen LogP contribution in [-0.4, -0.2) is 24.1 Å². The van der Waals surface area contributed by atoms with E-state index in [-0.39, 0.29) is 22.9 Å². The molecule has 0 spiro atoms. The van der Waals surface area contributed by atoms with E-state index >= 15 is 0 Å². The van der Waals surface area contributed by atoms with Crippen LogP contribution in [0.5, 0.6) is 0 Å². The number of anilines is 1. The molecular weight excluding hydrogens is 419 g/mol. The molecule has 0 saturated carbocycles. The van der Waals surface area contributed by atoms with Crippen LogP contribution < -0.4 is 4.72 Å². The van der Waals surface area contributed by atoms with E-state index in [1.54, 1.807) is 13.8 Å². The number of aliphatic hydroxyl groups is 1. The lowest BCUT2D eigenvalue weighted by Crippen LogP contribution is -2.35. The van der Waals surface area contributed by atoms with Crippen LogP contribution in [-0.2, 0) is 29.0 Å². The van der Waals surface area contributed by atoms with E-state index < -0.39 is 44.7 Å². The lowest BCUT2D eigenvalue weighted by Gasteiger charge is -2.32. The number of H-pyrrole nitrogens is 1. The minimum Gasteiger partial charge on any atom is -0.390 e. The topological polar surface area (TPSA) is 82.2 Å². The Morgan fingerprint density at radius 1 is 1.17 bits per heavy atom. The van der Waals surface area contributed by atoms with Crippen molar-refractivity contribution in [2.45, 2.75) is 49.8 Å². The largest absolute Gasteiger partial charge is 0.419 e. The highest BCUT2D eigenvalue weighted by Crippen LogP contribution is 2.37. The minimum atomic E-state index is -5.11. The summed E-state index contributed by atoms with van der Waals surface area (Å²) < 4.78 is 92.9. The monoisotopic (exact) mass is 438 g/mol. The number of rotatable bonds is 4. The normalized spacial score (nSPS) is 17.9. The SMILES string of the molecule is CC(C)(O)C1CCc2c(S(=O)(=O)Nc3cc(F)c(C(F)(F)F)cc3F)c[nH]c2C1. The zero-order valence-electron chi connectivity index (χ0n) is 15.5. The first kappa shape index (κ1) is 21.6. The number of fused-ring (bicyclic) bond motifs is 1. The molecule has 0 saturated heterocycles. The lowest BCUT2D eigenvalue weighted by atomic mass is 9.78. The number of benzene rings is 1. The standard InChI is InChI=1S/C18H19F5N2O3S/c1-17(2,26)9-3-4-10-14(5-9)24-8-16(10)29(27,28)25-15-7-12(19)11(6-13(15)20)18(21,22)23/h6-9,24-26H,3-5H2,1-2H3. The highest BCUT2D eigenvalue weighted by molar-refractivity contribution is 7.92. The third-order valence-corrected chi connectivity index (χ3v) is 6.56. The molecule has 1 atom stereocenters. The van der Waals surface area contributed by atoms with Gasteiger partial charge >= 0.3 is 6.18 Å². The van der Waals surface area contributed by atoms with Crippen molar-refractivity contribution < 1.29 is 35.5 Å². The second-order valence-electron chi connectivity index (χ2n) is 7.62. The molecular formula is C18H19F5N2O3S. The molecule has 11 heteroatoms. The Bertz CT molecular complexity index is 1040. The molecule has 3 rings (SSSR count). The molecule has 1 aromatic heterocycles. The fourth-order valence-corrected chi connectivity index (χ4v) is 4.80. The highest BCUT2D eigenvalue weighted by atomic mass is 32.2. The summed E-state index contributed by atoms with van der Waals surface area (Å²) in [5.74, 6) is -3.44. The smallest absolute Gasteiger partial charge is 0.390 e. The van der Waals surface area contributed by atoms with Crippen molar-refractivity contribution in [2.24, 2.45) is 5.92 Å². The van der Waals surface area contributed by atoms with Gasteiger partial charge in [0.25, 0.3) is 10.0 Å². The summed E-state index contributed by atoms with van der Waals surface area (Å²) in [5.41, 5.74) is -2.65. The Morgan fingerprint density at radius 2 is 1.83 bits per heavy atom. The second-order valence-corrected chi connectivity index (χ2v) is 9.27. The molecule has 1 unspecified atom stereocenters. The molecule has 29 heavy (non-hydrogen) atoms. The van der Waals surface area contributed by atoms with E-state index in [1.165, 1.54) is 6.20 Å². The van der Waals surface area contributed by atoms with Gasteiger partial charge in [0.15, 0.2) is 0 Å². The van der Waals surface area contributed by atoms with Gasteiger partial charge in [-0.25, -0.2) is 17.2 Å². The van der Waals surface area contributed by atoms with Gasteiger partial charge in [-0.05, 0) is 50.7 Å². The van der Waals surface area contributed by atoms with Crippen LogP contribution in [0.25, 0.3) is 0 Å². The van der Waals surface area contributed by atoms with Crippen molar-refractivity contribution in [3.8, 4) is 0 Å². The van der Waals surface area contributed by atoms with Crippen molar-refractivity contribution in [3.05, 3.63) is 46.8 Å². The van der Waals surface area contributed by atoms with E-state index in [0.29, 0.717) is 30.5 Å². The predicted octanol–water partition coefficient (Wildman–Crippen LogP) is 3.99. The van der Waals surface area contributed by atoms with E-state index in [0.717, 1.165) is 0 Å². The molecule has 1 aliphatic carbocycles. The Hall–Kier alpha value is -2.14. The van der Waals surface area contributed by atoms with E-state index in [9.17, 15) is 35.5 Å². The first-order chi connectivity index (χ1) is 13.2. The number of aromatic amines is 1. The third kappa shape index (κ3) is 4.25. The third-order valence-electron chi connectivity index (χ3n) is 5.13. The summed E-state index contributed by atoms with van der Waals surface area (Å²) in [6.45, 7) is 3.32. The Kier molecular flexibility index (Phi) is 5.19. The first-order valence-electron chi connectivity index (χ1n) is 8.70. The first-order valence-corrected chi connectivity index (χ1v) is 10.2. The quantitative estimate of drug-likeness (QED) is 0.632. The van der Waals surface area contributed by atoms with Crippen molar-refractivity contribution in [1.29, 1.82) is 0 Å². The van der Waals surface area contributed by atoms with Crippen LogP contribution in [0.3, 0.4) is 0 Å². The number of alkyl halides is 3. The zero-order chi connectivity index (χ0) is 21.8. The maximum absolute atomic E-state index is 14.0. The molecule has 0 amide bonds. The molecule has 1 aliphatic rings. The Labute approximate surface area is 164 Å². The second kappa shape index (κ2) is 6.98. The summed E-state index contributed by atoms with van der Waals surface area (Å²) >= 11 is 0. The van der Waals surface area contributed by atoms with Gasteiger partial charge in [0, 0.05) is 18.0 Å². The fraction of sp³-hybridized carbons (Fsp3) is 0.444. The predicted molar refractivity (Wildman–Crippen MR) is 94.8 cm³/mol. The van der Waals surface area contributed by atoms with Gasteiger partial charge in [-0.2, -0.15) is 13.2 Å². The van der Waals surface area contributed by atoms with E-state index in [2.05, 4.69) is 4.98 Å². The van der Waals surface area contributed by atoms with Crippen molar-refractivity contribution in [2.75, 3.05) is 4.72 Å². The van der Waals surface area contributed by atoms with Gasteiger partial charge in [-0.1, -0.05) is 0 Å². The van der Waals surface area contributed by atoms with Crippen LogP contribution in [0.2, 0.25) is 0 Å². The van der Waals surface area contributed by atoms with Crippen LogP contribution in [0, 0.1) is 17.6 Å². The average molecular weight is 438 g/mol. The van der Waals surface area contributed by atoms with Crippen LogP contribution in [0.4, 0.5) is 27.6 Å². The summed E-state index contributed by atoms with van der Waals surface area (Å²) in [5, 5.41) is 10.2. The molecule has 3 N–H and O–H groups in total.